The van der Waals surface area contributed by atoms with E-state index in [1.165, 1.54) is 6.92 Å². The van der Waals surface area contributed by atoms with Crippen LogP contribution >= 0.6 is 7.72 Å². The molecule has 4 nitrogen and oxygen atoms in total. The number of allylic oxidation sites excluding steroid dienone is 2. The minimum atomic E-state index is -3.78. The summed E-state index contributed by atoms with van der Waals surface area (Å²) in [5.41, 5.74) is 3.92. The third-order valence-electron chi connectivity index (χ3n) is 1.46. The predicted molar refractivity (Wildman–Crippen MR) is 49.8 cm³/mol. The lowest BCUT2D eigenvalue weighted by atomic mass is 10.5. The van der Waals surface area contributed by atoms with Gasteiger partial charge in [-0.1, -0.05) is 0 Å². The molecular weight excluding hydrogens is 196 g/mol. The second-order valence-corrected chi connectivity index (χ2v) is 4.85. The van der Waals surface area contributed by atoms with E-state index in [1.807, 2.05) is 0 Å². The van der Waals surface area contributed by atoms with Gasteiger partial charge in [0.15, 0.2) is 0 Å². The second-order valence-electron chi connectivity index (χ2n) is 2.54. The van der Waals surface area contributed by atoms with E-state index in [2.05, 4.69) is 0 Å². The number of nitrogens with two attached hydrogens (primary N) is 1. The highest BCUT2D eigenvalue weighted by Crippen LogP contribution is 2.53. The first kappa shape index (κ1) is 12.7. The fourth-order valence-corrected chi connectivity index (χ4v) is 2.01. The van der Waals surface area contributed by atoms with Crippen LogP contribution in [0.2, 0.25) is 0 Å². The highest BCUT2D eigenvalue weighted by molar-refractivity contribution is 7.81. The summed E-state index contributed by atoms with van der Waals surface area (Å²) in [5, 5.41) is 0. The Bertz CT molecular complexity index is 218. The largest absolute Gasteiger partial charge is 0.384 e. The Morgan fingerprint density at radius 1 is 1.62 bits per heavy atom. The SMILES string of the molecule is CC=C(F)C(=O)[P+](O)(O)CCCN. The van der Waals surface area contributed by atoms with Gasteiger partial charge < -0.3 is 5.73 Å². The van der Waals surface area contributed by atoms with E-state index < -0.39 is 19.1 Å². The third kappa shape index (κ3) is 3.91. The molecule has 0 spiro atoms. The fourth-order valence-electron chi connectivity index (χ4n) is 0.708. The highest BCUT2D eigenvalue weighted by Gasteiger charge is 2.45. The van der Waals surface area contributed by atoms with Gasteiger partial charge in [0.2, 0.25) is 5.83 Å². The Morgan fingerprint density at radius 2 is 2.15 bits per heavy atom. The van der Waals surface area contributed by atoms with Crippen molar-refractivity contribution in [3.8, 4) is 0 Å². The van der Waals surface area contributed by atoms with Crippen molar-refractivity contribution in [2.75, 3.05) is 12.7 Å². The van der Waals surface area contributed by atoms with Crippen LogP contribution in [0.1, 0.15) is 13.3 Å². The number of carbonyl (C=O) groups excluding carboxylic acids is 1. The van der Waals surface area contributed by atoms with Crippen LogP contribution in [0.15, 0.2) is 11.9 Å². The summed E-state index contributed by atoms with van der Waals surface area (Å²) >= 11 is 0. The molecule has 6 heteroatoms. The molecule has 13 heavy (non-hydrogen) atoms. The van der Waals surface area contributed by atoms with E-state index in [-0.39, 0.29) is 12.7 Å². The Morgan fingerprint density at radius 3 is 2.54 bits per heavy atom. The van der Waals surface area contributed by atoms with Crippen LogP contribution in [-0.4, -0.2) is 28.0 Å². The number of hydrogen-bond donors (Lipinski definition) is 3. The molecule has 0 unspecified atom stereocenters. The Labute approximate surface area is 76.8 Å². The lowest BCUT2D eigenvalue weighted by Crippen LogP contribution is -2.12. The van der Waals surface area contributed by atoms with Crippen molar-refractivity contribution in [1.82, 2.24) is 0 Å². The van der Waals surface area contributed by atoms with Gasteiger partial charge in [-0.25, -0.2) is 14.6 Å². The van der Waals surface area contributed by atoms with E-state index in [1.54, 1.807) is 0 Å². The average molecular weight is 210 g/mol. The molecule has 0 heterocycles. The van der Waals surface area contributed by atoms with E-state index in [9.17, 15) is 19.0 Å². The van der Waals surface area contributed by atoms with Crippen molar-refractivity contribution in [1.29, 1.82) is 0 Å². The molecule has 0 aliphatic heterocycles. The minimum absolute atomic E-state index is 0.149. The Hall–Kier alpha value is -0.350. The van der Waals surface area contributed by atoms with Gasteiger partial charge in [-0.05, 0) is 26.0 Å². The Kier molecular flexibility index (Phi) is 5.25. The van der Waals surface area contributed by atoms with Crippen LogP contribution in [0.4, 0.5) is 4.39 Å². The van der Waals surface area contributed by atoms with Crippen molar-refractivity contribution in [2.45, 2.75) is 13.3 Å². The summed E-state index contributed by atoms with van der Waals surface area (Å²) in [6.07, 6.45) is 1.05. The van der Waals surface area contributed by atoms with Gasteiger partial charge in [-0.15, -0.1) is 0 Å². The molecule has 0 saturated heterocycles. The molecule has 0 saturated carbocycles. The molecule has 0 aliphatic carbocycles. The summed E-state index contributed by atoms with van der Waals surface area (Å²) in [6, 6.07) is 0. The normalized spacial score (nSPS) is 13.2. The third-order valence-corrected chi connectivity index (χ3v) is 3.26. The molecule has 0 aromatic carbocycles. The van der Waals surface area contributed by atoms with Gasteiger partial charge in [-0.3, -0.25) is 0 Å². The van der Waals surface area contributed by atoms with E-state index in [4.69, 9.17) is 5.73 Å². The Balaban J connectivity index is 4.36. The van der Waals surface area contributed by atoms with Crippen molar-refractivity contribution in [3.63, 3.8) is 0 Å². The number of hydrogen-bond acceptors (Lipinski definition) is 4. The molecule has 0 fully saturated rings. The maximum atomic E-state index is 12.6. The predicted octanol–water partition coefficient (Wildman–Crippen LogP) is 0.567. The summed E-state index contributed by atoms with van der Waals surface area (Å²) in [7, 11) is -3.78. The van der Waals surface area contributed by atoms with Crippen LogP contribution in [0.5, 0.6) is 0 Å². The van der Waals surface area contributed by atoms with Crippen LogP contribution in [0.25, 0.3) is 0 Å². The molecule has 0 radical (unpaired) electrons. The van der Waals surface area contributed by atoms with Crippen LogP contribution in [-0.2, 0) is 4.79 Å². The standard InChI is InChI=1S/C7H14FNO3P/c1-2-6(8)7(10)13(11,12)5-3-4-9/h2,11-12H,3-5,9H2,1H3/q+1. The van der Waals surface area contributed by atoms with Gasteiger partial charge in [0, 0.05) is 0 Å². The first-order valence-electron chi connectivity index (χ1n) is 3.86. The first-order chi connectivity index (χ1) is 5.95. The van der Waals surface area contributed by atoms with E-state index in [0.717, 1.165) is 6.08 Å². The fraction of sp³-hybridized carbons (Fsp3) is 0.571. The minimum Gasteiger partial charge on any atom is -0.330 e. The van der Waals surface area contributed by atoms with Gasteiger partial charge in [0.1, 0.15) is 6.16 Å². The summed E-state index contributed by atoms with van der Waals surface area (Å²) in [4.78, 5) is 29.4. The molecule has 0 atom stereocenters. The molecule has 0 bridgehead atoms. The van der Waals surface area contributed by atoms with Gasteiger partial charge in [0.05, 0.1) is 0 Å². The summed E-state index contributed by atoms with van der Waals surface area (Å²) < 4.78 is 12.6. The second kappa shape index (κ2) is 5.40. The molecule has 0 aliphatic rings. The van der Waals surface area contributed by atoms with E-state index >= 15 is 0 Å². The van der Waals surface area contributed by atoms with E-state index in [0.29, 0.717) is 6.42 Å². The maximum Gasteiger partial charge on any atom is 0.384 e. The highest BCUT2D eigenvalue weighted by atomic mass is 31.2. The van der Waals surface area contributed by atoms with Crippen molar-refractivity contribution in [2.24, 2.45) is 5.73 Å². The quantitative estimate of drug-likeness (QED) is 0.457. The monoisotopic (exact) mass is 210 g/mol. The molecule has 76 valence electrons. The lowest BCUT2D eigenvalue weighted by Gasteiger charge is -2.07. The number of halogens is 1. The summed E-state index contributed by atoms with van der Waals surface area (Å²) in [5.74, 6) is -1.10. The average Bonchev–Trinajstić information content (AvgIpc) is 2.12. The van der Waals surface area contributed by atoms with Crippen LogP contribution < -0.4 is 5.73 Å². The van der Waals surface area contributed by atoms with Crippen molar-refractivity contribution >= 4 is 13.2 Å². The van der Waals surface area contributed by atoms with Gasteiger partial charge in [-0.2, -0.15) is 4.39 Å². The van der Waals surface area contributed by atoms with Crippen LogP contribution in [0.3, 0.4) is 0 Å². The lowest BCUT2D eigenvalue weighted by molar-refractivity contribution is -0.111. The zero-order valence-corrected chi connectivity index (χ0v) is 8.30. The first-order valence-corrected chi connectivity index (χ1v) is 5.74. The van der Waals surface area contributed by atoms with Gasteiger partial charge in [0.25, 0.3) is 0 Å². The molecule has 4 N–H and O–H groups in total. The van der Waals surface area contributed by atoms with Crippen LogP contribution in [0, 0.1) is 0 Å². The molecule has 0 aromatic heterocycles. The smallest absolute Gasteiger partial charge is 0.330 e. The zero-order valence-electron chi connectivity index (χ0n) is 7.40. The molecule has 0 aromatic rings. The van der Waals surface area contributed by atoms with Crippen molar-refractivity contribution in [3.05, 3.63) is 11.9 Å². The zero-order chi connectivity index (χ0) is 10.5. The van der Waals surface area contributed by atoms with Crippen molar-refractivity contribution < 1.29 is 19.0 Å². The molecule has 0 rings (SSSR count). The number of rotatable bonds is 5. The number of carbonyl (C=O) groups is 1. The van der Waals surface area contributed by atoms with Gasteiger partial charge >= 0.3 is 13.2 Å². The molecular formula is C7H14FNO3P+. The topological polar surface area (TPSA) is 83.5 Å². The maximum absolute atomic E-state index is 12.6. The molecule has 0 amide bonds. The summed E-state index contributed by atoms with van der Waals surface area (Å²) in [6.45, 7) is 1.56.